The van der Waals surface area contributed by atoms with Gasteiger partial charge in [-0.25, -0.2) is 4.39 Å². The Morgan fingerprint density at radius 3 is 2.87 bits per heavy atom. The fraction of sp³-hybridized carbons (Fsp3) is 0.235. The first-order chi connectivity index (χ1) is 11.1. The number of thioether (sulfide) groups is 1. The molecule has 0 fully saturated rings. The first-order valence-electron chi connectivity index (χ1n) is 7.14. The highest BCUT2D eigenvalue weighted by molar-refractivity contribution is 7.99. The molecule has 1 aliphatic heterocycles. The van der Waals surface area contributed by atoms with E-state index in [2.05, 4.69) is 5.32 Å². The van der Waals surface area contributed by atoms with Gasteiger partial charge in [0, 0.05) is 11.4 Å². The largest absolute Gasteiger partial charge is 0.454 e. The van der Waals surface area contributed by atoms with Crippen molar-refractivity contribution in [3.05, 3.63) is 53.3 Å². The van der Waals surface area contributed by atoms with Crippen LogP contribution in [-0.4, -0.2) is 18.5 Å². The molecule has 0 saturated carbocycles. The number of aryl methyl sites for hydroxylation is 1. The van der Waals surface area contributed by atoms with Crippen LogP contribution < -0.4 is 14.8 Å². The van der Waals surface area contributed by atoms with E-state index >= 15 is 0 Å². The molecule has 2 aromatic rings. The highest BCUT2D eigenvalue weighted by Crippen LogP contribution is 2.33. The Labute approximate surface area is 138 Å². The van der Waals surface area contributed by atoms with E-state index in [1.807, 2.05) is 18.2 Å². The first-order valence-corrected chi connectivity index (χ1v) is 8.29. The second kappa shape index (κ2) is 6.91. The van der Waals surface area contributed by atoms with Crippen molar-refractivity contribution in [2.24, 2.45) is 0 Å². The van der Waals surface area contributed by atoms with E-state index in [0.29, 0.717) is 22.8 Å². The maximum atomic E-state index is 13.4. The molecule has 2 aromatic carbocycles. The number of benzene rings is 2. The topological polar surface area (TPSA) is 47.6 Å². The molecular formula is C17H16FNO3S. The maximum absolute atomic E-state index is 13.4. The van der Waals surface area contributed by atoms with E-state index in [9.17, 15) is 9.18 Å². The zero-order valence-electron chi connectivity index (χ0n) is 12.6. The normalized spacial score (nSPS) is 12.3. The number of nitrogens with one attached hydrogen (secondary N) is 1. The average molecular weight is 333 g/mol. The Balaban J connectivity index is 1.48. The summed E-state index contributed by atoms with van der Waals surface area (Å²) in [6, 6.07) is 10.4. The molecule has 1 amide bonds. The number of ether oxygens (including phenoxy) is 2. The van der Waals surface area contributed by atoms with Gasteiger partial charge in [0.1, 0.15) is 5.82 Å². The number of rotatable bonds is 5. The highest BCUT2D eigenvalue weighted by atomic mass is 32.2. The molecule has 0 atom stereocenters. The lowest BCUT2D eigenvalue weighted by Crippen LogP contribution is -2.14. The summed E-state index contributed by atoms with van der Waals surface area (Å²) in [5, 5.41) is 2.69. The Bertz CT molecular complexity index is 736. The number of amides is 1. The summed E-state index contributed by atoms with van der Waals surface area (Å²) in [4.78, 5) is 11.9. The standard InChI is InChI=1S/C17H16FNO3S/c1-11-2-4-13(7-14(11)18)19-17(20)9-23-8-12-3-5-15-16(6-12)22-10-21-15/h2-7H,8-10H2,1H3,(H,19,20). The van der Waals surface area contributed by atoms with Gasteiger partial charge < -0.3 is 14.8 Å². The number of carbonyl (C=O) groups is 1. The lowest BCUT2D eigenvalue weighted by Gasteiger charge is -2.07. The minimum Gasteiger partial charge on any atom is -0.454 e. The van der Waals surface area contributed by atoms with Crippen LogP contribution in [0.25, 0.3) is 0 Å². The number of fused-ring (bicyclic) bond motifs is 1. The molecule has 1 heterocycles. The SMILES string of the molecule is Cc1ccc(NC(=O)CSCc2ccc3c(c2)OCO3)cc1F. The molecule has 0 spiro atoms. The summed E-state index contributed by atoms with van der Waals surface area (Å²) in [6.07, 6.45) is 0. The van der Waals surface area contributed by atoms with Crippen molar-refractivity contribution in [1.82, 2.24) is 0 Å². The summed E-state index contributed by atoms with van der Waals surface area (Å²) in [5.74, 6) is 1.99. The monoisotopic (exact) mass is 333 g/mol. The molecule has 3 rings (SSSR count). The molecule has 0 radical (unpaired) electrons. The molecular weight excluding hydrogens is 317 g/mol. The van der Waals surface area contributed by atoms with Crippen LogP contribution in [-0.2, 0) is 10.5 Å². The van der Waals surface area contributed by atoms with Gasteiger partial charge in [-0.1, -0.05) is 12.1 Å². The van der Waals surface area contributed by atoms with E-state index in [4.69, 9.17) is 9.47 Å². The summed E-state index contributed by atoms with van der Waals surface area (Å²) >= 11 is 1.48. The predicted molar refractivity (Wildman–Crippen MR) is 88.5 cm³/mol. The smallest absolute Gasteiger partial charge is 0.234 e. The van der Waals surface area contributed by atoms with Gasteiger partial charge >= 0.3 is 0 Å². The van der Waals surface area contributed by atoms with Crippen molar-refractivity contribution in [1.29, 1.82) is 0 Å². The average Bonchev–Trinajstić information content (AvgIpc) is 2.98. The van der Waals surface area contributed by atoms with Crippen molar-refractivity contribution in [3.63, 3.8) is 0 Å². The van der Waals surface area contributed by atoms with Gasteiger partial charge in [0.25, 0.3) is 0 Å². The van der Waals surface area contributed by atoms with Crippen LogP contribution in [0.2, 0.25) is 0 Å². The Morgan fingerprint density at radius 1 is 1.22 bits per heavy atom. The van der Waals surface area contributed by atoms with Crippen LogP contribution in [0.15, 0.2) is 36.4 Å². The molecule has 120 valence electrons. The fourth-order valence-electron chi connectivity index (χ4n) is 2.16. The second-order valence-corrected chi connectivity index (χ2v) is 6.18. The van der Waals surface area contributed by atoms with Gasteiger partial charge in [-0.3, -0.25) is 4.79 Å². The Hall–Kier alpha value is -2.21. The third-order valence-corrected chi connectivity index (χ3v) is 4.40. The predicted octanol–water partition coefficient (Wildman–Crippen LogP) is 3.73. The maximum Gasteiger partial charge on any atom is 0.234 e. The van der Waals surface area contributed by atoms with Gasteiger partial charge in [-0.2, -0.15) is 0 Å². The second-order valence-electron chi connectivity index (χ2n) is 5.19. The third-order valence-electron chi connectivity index (χ3n) is 3.39. The minimum atomic E-state index is -0.323. The summed E-state index contributed by atoms with van der Waals surface area (Å²) in [5.41, 5.74) is 2.09. The van der Waals surface area contributed by atoms with Crippen molar-refractivity contribution in [2.75, 3.05) is 17.9 Å². The van der Waals surface area contributed by atoms with Gasteiger partial charge in [-0.15, -0.1) is 11.8 Å². The van der Waals surface area contributed by atoms with E-state index in [-0.39, 0.29) is 18.5 Å². The van der Waals surface area contributed by atoms with Crippen LogP contribution in [0, 0.1) is 12.7 Å². The van der Waals surface area contributed by atoms with Crippen molar-refractivity contribution >= 4 is 23.4 Å². The number of carbonyl (C=O) groups excluding carboxylic acids is 1. The molecule has 1 aliphatic rings. The van der Waals surface area contributed by atoms with Crippen molar-refractivity contribution in [3.8, 4) is 11.5 Å². The number of hydrogen-bond acceptors (Lipinski definition) is 4. The number of halogens is 1. The first kappa shape index (κ1) is 15.7. The molecule has 0 aromatic heterocycles. The van der Waals surface area contributed by atoms with E-state index < -0.39 is 0 Å². The molecule has 0 bridgehead atoms. The zero-order chi connectivity index (χ0) is 16.2. The molecule has 23 heavy (non-hydrogen) atoms. The van der Waals surface area contributed by atoms with E-state index in [1.54, 1.807) is 19.1 Å². The quantitative estimate of drug-likeness (QED) is 0.906. The van der Waals surface area contributed by atoms with E-state index in [0.717, 1.165) is 17.1 Å². The fourth-order valence-corrected chi connectivity index (χ4v) is 2.93. The van der Waals surface area contributed by atoms with Gasteiger partial charge in [0.15, 0.2) is 11.5 Å². The zero-order valence-corrected chi connectivity index (χ0v) is 13.4. The summed E-state index contributed by atoms with van der Waals surface area (Å²) in [7, 11) is 0. The molecule has 6 heteroatoms. The summed E-state index contributed by atoms with van der Waals surface area (Å²) < 4.78 is 24.0. The van der Waals surface area contributed by atoms with Crippen LogP contribution in [0.1, 0.15) is 11.1 Å². The number of hydrogen-bond donors (Lipinski definition) is 1. The molecule has 0 unspecified atom stereocenters. The molecule has 1 N–H and O–H groups in total. The van der Waals surface area contributed by atoms with Gasteiger partial charge in [0.05, 0.1) is 5.75 Å². The van der Waals surface area contributed by atoms with Gasteiger partial charge in [-0.05, 0) is 42.3 Å². The van der Waals surface area contributed by atoms with Crippen LogP contribution in [0.3, 0.4) is 0 Å². The van der Waals surface area contributed by atoms with Crippen LogP contribution in [0.4, 0.5) is 10.1 Å². The molecule has 0 aliphatic carbocycles. The third kappa shape index (κ3) is 3.96. The number of anilines is 1. The van der Waals surface area contributed by atoms with Crippen LogP contribution >= 0.6 is 11.8 Å². The Morgan fingerprint density at radius 2 is 2.04 bits per heavy atom. The highest BCUT2D eigenvalue weighted by Gasteiger charge is 2.13. The molecule has 4 nitrogen and oxygen atoms in total. The molecule has 0 saturated heterocycles. The Kier molecular flexibility index (Phi) is 4.71. The minimum absolute atomic E-state index is 0.154. The lowest BCUT2D eigenvalue weighted by molar-refractivity contribution is -0.113. The van der Waals surface area contributed by atoms with Crippen molar-refractivity contribution in [2.45, 2.75) is 12.7 Å². The van der Waals surface area contributed by atoms with Crippen molar-refractivity contribution < 1.29 is 18.7 Å². The lowest BCUT2D eigenvalue weighted by atomic mass is 10.2. The van der Waals surface area contributed by atoms with Gasteiger partial charge in [0.2, 0.25) is 12.7 Å². The van der Waals surface area contributed by atoms with E-state index in [1.165, 1.54) is 17.8 Å². The summed E-state index contributed by atoms with van der Waals surface area (Å²) in [6.45, 7) is 1.93. The van der Waals surface area contributed by atoms with Crippen LogP contribution in [0.5, 0.6) is 11.5 Å².